The van der Waals surface area contributed by atoms with Crippen molar-refractivity contribution in [1.29, 1.82) is 0 Å². The minimum Gasteiger partial charge on any atom is -0.326 e. The van der Waals surface area contributed by atoms with Crippen molar-refractivity contribution < 1.29 is 4.79 Å². The summed E-state index contributed by atoms with van der Waals surface area (Å²) in [6.45, 7) is 0. The van der Waals surface area contributed by atoms with Crippen molar-refractivity contribution in [3.05, 3.63) is 52.2 Å². The molecule has 0 spiro atoms. The number of nitrogens with one attached hydrogen (secondary N) is 1. The summed E-state index contributed by atoms with van der Waals surface area (Å²) in [5.41, 5.74) is 2.22. The Kier molecular flexibility index (Phi) is 5.27. The van der Waals surface area contributed by atoms with E-state index in [0.717, 1.165) is 12.1 Å². The maximum atomic E-state index is 12.0. The van der Waals surface area contributed by atoms with Crippen LogP contribution >= 0.6 is 34.9 Å². The minimum absolute atomic E-state index is 0.0901. The van der Waals surface area contributed by atoms with Gasteiger partial charge in [0.2, 0.25) is 5.91 Å². The number of hydrogen-bond donors (Lipinski definition) is 1. The number of anilines is 1. The van der Waals surface area contributed by atoms with Crippen LogP contribution in [-0.4, -0.2) is 17.4 Å². The smallest absolute Gasteiger partial charge is 0.224 e. The maximum Gasteiger partial charge on any atom is 0.224 e. The van der Waals surface area contributed by atoms with E-state index in [2.05, 4.69) is 23.5 Å². The largest absolute Gasteiger partial charge is 0.326 e. The highest BCUT2D eigenvalue weighted by Crippen LogP contribution is 2.45. The zero-order valence-electron chi connectivity index (χ0n) is 11.6. The Bertz CT molecular complexity index is 591. The van der Waals surface area contributed by atoms with Crippen molar-refractivity contribution in [2.24, 2.45) is 0 Å². The number of benzene rings is 1. The number of hydrogen-bond acceptors (Lipinski definition) is 4. The van der Waals surface area contributed by atoms with E-state index in [1.807, 2.05) is 47.1 Å². The van der Waals surface area contributed by atoms with Gasteiger partial charge in [0.25, 0.3) is 0 Å². The van der Waals surface area contributed by atoms with Crippen LogP contribution in [0, 0.1) is 0 Å². The minimum atomic E-state index is 0.0901. The highest BCUT2D eigenvalue weighted by atomic mass is 32.2. The van der Waals surface area contributed by atoms with Gasteiger partial charge >= 0.3 is 0 Å². The second kappa shape index (κ2) is 7.38. The molecule has 0 radical (unpaired) electrons. The molecule has 0 saturated carbocycles. The van der Waals surface area contributed by atoms with Crippen molar-refractivity contribution in [3.8, 4) is 0 Å². The third kappa shape index (κ3) is 4.28. The summed E-state index contributed by atoms with van der Waals surface area (Å²) in [5, 5.41) is 5.06. The van der Waals surface area contributed by atoms with E-state index in [9.17, 15) is 4.79 Å². The van der Waals surface area contributed by atoms with Crippen molar-refractivity contribution in [2.45, 2.75) is 17.4 Å². The Morgan fingerprint density at radius 3 is 2.81 bits per heavy atom. The number of amides is 1. The fourth-order valence-corrected chi connectivity index (χ4v) is 5.78. The van der Waals surface area contributed by atoms with Gasteiger partial charge in [-0.05, 0) is 35.6 Å². The van der Waals surface area contributed by atoms with Gasteiger partial charge < -0.3 is 5.32 Å². The molecule has 1 aliphatic rings. The third-order valence-electron chi connectivity index (χ3n) is 3.24. The van der Waals surface area contributed by atoms with Crippen LogP contribution in [0.1, 0.15) is 21.4 Å². The molecule has 1 aromatic heterocycles. The van der Waals surface area contributed by atoms with Crippen molar-refractivity contribution in [2.75, 3.05) is 16.8 Å². The maximum absolute atomic E-state index is 12.0. The van der Waals surface area contributed by atoms with Gasteiger partial charge in [-0.3, -0.25) is 4.79 Å². The molecule has 21 heavy (non-hydrogen) atoms. The molecule has 1 N–H and O–H groups in total. The second-order valence-electron chi connectivity index (χ2n) is 4.83. The molecule has 0 aliphatic carbocycles. The summed E-state index contributed by atoms with van der Waals surface area (Å²) in [6.07, 6.45) is 1.36. The first kappa shape index (κ1) is 15.0. The Morgan fingerprint density at radius 1 is 1.19 bits per heavy atom. The number of thiophene rings is 1. The van der Waals surface area contributed by atoms with Gasteiger partial charge in [0.1, 0.15) is 0 Å². The van der Waals surface area contributed by atoms with Crippen LogP contribution in [0.3, 0.4) is 0 Å². The molecule has 5 heteroatoms. The standard InChI is InChI=1S/C16H17NOS3/c18-15(7-6-14-5-2-8-19-14)17-13-4-1-3-12(11-13)16-20-9-10-21-16/h1-5,8,11,16H,6-7,9-10H2,(H,17,18). The molecular weight excluding hydrogens is 318 g/mol. The highest BCUT2D eigenvalue weighted by molar-refractivity contribution is 8.19. The van der Waals surface area contributed by atoms with E-state index in [1.54, 1.807) is 11.3 Å². The molecule has 2 aromatic rings. The first-order chi connectivity index (χ1) is 10.3. The van der Waals surface area contributed by atoms with E-state index in [1.165, 1.54) is 21.9 Å². The first-order valence-electron chi connectivity index (χ1n) is 6.97. The average Bonchev–Trinajstić information content (AvgIpc) is 3.19. The van der Waals surface area contributed by atoms with Crippen LogP contribution in [0.4, 0.5) is 5.69 Å². The van der Waals surface area contributed by atoms with Crippen molar-refractivity contribution in [3.63, 3.8) is 0 Å². The van der Waals surface area contributed by atoms with Crippen LogP contribution < -0.4 is 5.32 Å². The lowest BCUT2D eigenvalue weighted by Crippen LogP contribution is -2.12. The van der Waals surface area contributed by atoms with Crippen LogP contribution in [0.15, 0.2) is 41.8 Å². The SMILES string of the molecule is O=C(CCc1cccs1)Nc1cccc(C2SCCS2)c1. The fourth-order valence-electron chi connectivity index (χ4n) is 2.23. The van der Waals surface area contributed by atoms with Gasteiger partial charge in [-0.1, -0.05) is 18.2 Å². The number of carbonyl (C=O) groups is 1. The second-order valence-corrected chi connectivity index (χ2v) is 8.58. The third-order valence-corrected chi connectivity index (χ3v) is 7.28. The normalized spacial score (nSPS) is 15.2. The van der Waals surface area contributed by atoms with Crippen LogP contribution in [-0.2, 0) is 11.2 Å². The molecule has 1 fully saturated rings. The van der Waals surface area contributed by atoms with Gasteiger partial charge in [0, 0.05) is 28.5 Å². The van der Waals surface area contributed by atoms with Crippen molar-refractivity contribution >= 4 is 46.5 Å². The molecule has 2 heterocycles. The van der Waals surface area contributed by atoms with E-state index < -0.39 is 0 Å². The summed E-state index contributed by atoms with van der Waals surface area (Å²) < 4.78 is 0.521. The molecule has 1 aromatic carbocycles. The zero-order valence-corrected chi connectivity index (χ0v) is 14.0. The Morgan fingerprint density at radius 2 is 2.05 bits per heavy atom. The van der Waals surface area contributed by atoms with Crippen LogP contribution in [0.5, 0.6) is 0 Å². The van der Waals surface area contributed by atoms with Gasteiger partial charge in [0.15, 0.2) is 0 Å². The Labute approximate surface area is 137 Å². The number of aryl methyl sites for hydroxylation is 1. The molecule has 0 bridgehead atoms. The molecule has 110 valence electrons. The topological polar surface area (TPSA) is 29.1 Å². The summed E-state index contributed by atoms with van der Waals surface area (Å²) >= 11 is 5.67. The molecule has 0 unspecified atom stereocenters. The van der Waals surface area contributed by atoms with E-state index in [0.29, 0.717) is 11.0 Å². The summed E-state index contributed by atoms with van der Waals surface area (Å²) in [7, 11) is 0. The van der Waals surface area contributed by atoms with Crippen molar-refractivity contribution in [1.82, 2.24) is 0 Å². The molecular formula is C16H17NOS3. The van der Waals surface area contributed by atoms with E-state index >= 15 is 0 Å². The average molecular weight is 336 g/mol. The Hall–Kier alpha value is -0.910. The van der Waals surface area contributed by atoms with Gasteiger partial charge in [0.05, 0.1) is 4.58 Å². The van der Waals surface area contributed by atoms with E-state index in [-0.39, 0.29) is 5.91 Å². The lowest BCUT2D eigenvalue weighted by atomic mass is 10.2. The summed E-state index contributed by atoms with van der Waals surface area (Å²) in [4.78, 5) is 13.3. The van der Waals surface area contributed by atoms with Gasteiger partial charge in [-0.2, -0.15) is 0 Å². The molecule has 1 aliphatic heterocycles. The quantitative estimate of drug-likeness (QED) is 0.851. The number of carbonyl (C=O) groups excluding carboxylic acids is 1. The summed E-state index contributed by atoms with van der Waals surface area (Å²) in [5.74, 6) is 2.52. The van der Waals surface area contributed by atoms with Gasteiger partial charge in [-0.15, -0.1) is 34.9 Å². The fraction of sp³-hybridized carbons (Fsp3) is 0.312. The molecule has 1 amide bonds. The molecule has 3 rings (SSSR count). The van der Waals surface area contributed by atoms with Crippen LogP contribution in [0.25, 0.3) is 0 Å². The van der Waals surface area contributed by atoms with Gasteiger partial charge in [-0.25, -0.2) is 0 Å². The first-order valence-corrected chi connectivity index (χ1v) is 9.94. The van der Waals surface area contributed by atoms with Crippen LogP contribution in [0.2, 0.25) is 0 Å². The lowest BCUT2D eigenvalue weighted by Gasteiger charge is -2.11. The lowest BCUT2D eigenvalue weighted by molar-refractivity contribution is -0.116. The van der Waals surface area contributed by atoms with E-state index in [4.69, 9.17) is 0 Å². The zero-order chi connectivity index (χ0) is 14.5. The molecule has 1 saturated heterocycles. The highest BCUT2D eigenvalue weighted by Gasteiger charge is 2.18. The Balaban J connectivity index is 1.56. The predicted octanol–water partition coefficient (Wildman–Crippen LogP) is 4.80. The molecule has 2 nitrogen and oxygen atoms in total. The number of thioether (sulfide) groups is 2. The summed E-state index contributed by atoms with van der Waals surface area (Å²) in [6, 6.07) is 12.4. The number of rotatable bonds is 5. The molecule has 0 atom stereocenters. The monoisotopic (exact) mass is 335 g/mol. The predicted molar refractivity (Wildman–Crippen MR) is 95.4 cm³/mol.